The van der Waals surface area contributed by atoms with Crippen LogP contribution in [0.2, 0.25) is 18.1 Å². The predicted molar refractivity (Wildman–Crippen MR) is 362 cm³/mol. The fourth-order valence-electron chi connectivity index (χ4n) is 9.35. The van der Waals surface area contributed by atoms with Crippen molar-refractivity contribution in [2.24, 2.45) is 35.2 Å². The molecule has 0 radical (unpaired) electrons. The molecule has 2 fully saturated rings. The molecular formula is C60H89F5N16O20SSi. The van der Waals surface area contributed by atoms with Gasteiger partial charge in [-0.2, -0.15) is 33.3 Å². The highest BCUT2D eigenvalue weighted by Gasteiger charge is 2.42. The highest BCUT2D eigenvalue weighted by molar-refractivity contribution is 7.86. The zero-order valence-corrected chi connectivity index (χ0v) is 61.6. The Morgan fingerprint density at radius 3 is 1.31 bits per heavy atom. The first-order valence-corrected chi connectivity index (χ1v) is 36.2. The smallest absolute Gasteiger partial charge is 0.414 e. The Morgan fingerprint density at radius 2 is 0.961 bits per heavy atom. The van der Waals surface area contributed by atoms with Gasteiger partial charge in [0, 0.05) is 53.9 Å². The molecule has 8 rings (SSSR count). The molecule has 5 aromatic heterocycles. The number of aliphatic hydroxyl groups excluding tert-OH is 1. The first-order valence-electron chi connectivity index (χ1n) is 31.5. The molecule has 2 unspecified atom stereocenters. The molecule has 574 valence electrons. The zero-order chi connectivity index (χ0) is 78.7. The van der Waals surface area contributed by atoms with Crippen molar-refractivity contribution < 1.29 is 68.6 Å². The standard InChI is InChI=1S/C22H28F2N4O3.C14H26FN3O3Si.C9H14FN3O5S.C8H12FN3O3.C5H7N3O2.C2H2O4/c1-14-25-21(29)28(22(30)26(14)2)12-17(24)11-27-18-6-7-19(27)10-20(9-18)31-13-15-4-3-5-16(23)8-15;1-10-16-12(19)18(13(20)17(10)5)8-11(15)9-21-22(6,7)14(2,3)4;1-6-11-8(14)13(9(15)12(6)2)4-7(10)5-18-19(3,16)17;1-5-10-7(14)12(3-6(9)4-13)8(15)11(5)2;1-3-6-4(9)7-5(10)8(3)2;3-1(4)2(5)6/h3-5,8,17-20H,6-7,9-13H2,1-2H3;11H,8-9H2,1-7H3;7H,4-5H2,1-3H3;6,13H,3-4H2,1-2H3;1-2H3,(H,7,9,10);(H,3,4)(H,5,6)/t17-,18?,19?,20?;11-;7-;6-;;/m1000../s1. The number of aliphatic carboxylic acids is 2. The van der Waals surface area contributed by atoms with Crippen LogP contribution in [0.1, 0.15) is 81.1 Å². The summed E-state index contributed by atoms with van der Waals surface area (Å²) >= 11 is 0. The number of aromatic nitrogens is 15. The number of carboxylic acids is 2. The number of H-pyrrole nitrogens is 1. The number of aryl methyl sites for hydroxylation is 5. The minimum atomic E-state index is -3.77. The molecule has 0 aliphatic carbocycles. The number of hydrogen-bond donors (Lipinski definition) is 4. The van der Waals surface area contributed by atoms with Gasteiger partial charge in [-0.1, -0.05) is 32.9 Å². The SMILES string of the molecule is Cc1nc(=O)[nH]c(=O)n1C.Cc1nc(=O)n(C[C@H](F)CN2C3CCC2CC(OCc2cccc(F)c2)C3)c(=O)n1C.Cc1nc(=O)n(C[C@H](F)CO)c(=O)n1C.Cc1nc(=O)n(C[C@H](F)COS(C)(=O)=O)c(=O)n1C.Cc1nc(=O)n(C[C@H](F)CO[Si](C)(C)C(C)(C)C)c(=O)n1C.O=C(O)C(=O)O. The highest BCUT2D eigenvalue weighted by Crippen LogP contribution is 2.38. The Morgan fingerprint density at radius 1 is 0.592 bits per heavy atom. The summed E-state index contributed by atoms with van der Waals surface area (Å²) in [6.45, 7) is 15.1. The number of aliphatic hydroxyl groups is 1. The van der Waals surface area contributed by atoms with E-state index in [4.69, 9.17) is 34.1 Å². The second kappa shape index (κ2) is 38.4. The number of halogens is 5. The van der Waals surface area contributed by atoms with Crippen LogP contribution in [0.3, 0.4) is 0 Å². The number of benzene rings is 1. The number of nitrogens with one attached hydrogen (secondary N) is 1. The molecule has 4 N–H and O–H groups in total. The maximum atomic E-state index is 14.9. The summed E-state index contributed by atoms with van der Waals surface area (Å²) in [7, 11) is 1.55. The lowest BCUT2D eigenvalue weighted by atomic mass is 9.99. The van der Waals surface area contributed by atoms with E-state index < -0.39 is 138 Å². The van der Waals surface area contributed by atoms with E-state index in [1.165, 1.54) is 67.9 Å². The number of nitrogens with zero attached hydrogens (tertiary/aromatic N) is 15. The van der Waals surface area contributed by atoms with Crippen molar-refractivity contribution in [2.45, 2.75) is 175 Å². The number of carbonyl (C=O) groups is 2. The van der Waals surface area contributed by atoms with Crippen LogP contribution in [-0.2, 0) is 101 Å². The third-order valence-electron chi connectivity index (χ3n) is 16.7. The van der Waals surface area contributed by atoms with Crippen LogP contribution in [0.25, 0.3) is 0 Å². The topological polar surface area (TPSA) is 455 Å². The van der Waals surface area contributed by atoms with Crippen molar-refractivity contribution in [3.63, 3.8) is 0 Å². The van der Waals surface area contributed by atoms with Gasteiger partial charge in [0.05, 0.1) is 65.0 Å². The van der Waals surface area contributed by atoms with E-state index >= 15 is 0 Å². The molecule has 2 saturated heterocycles. The quantitative estimate of drug-likeness (QED) is 0.0296. The van der Waals surface area contributed by atoms with Gasteiger partial charge in [0.2, 0.25) is 0 Å². The van der Waals surface area contributed by atoms with Crippen molar-refractivity contribution in [3.8, 4) is 0 Å². The lowest BCUT2D eigenvalue weighted by Crippen LogP contribution is -2.50. The van der Waals surface area contributed by atoms with Crippen LogP contribution in [0.4, 0.5) is 22.0 Å². The second-order valence-corrected chi connectivity index (χ2v) is 31.8. The number of fused-ring (bicyclic) bond motifs is 2. The van der Waals surface area contributed by atoms with Crippen molar-refractivity contribution >= 4 is 30.4 Å². The molecule has 2 bridgehead atoms. The number of hydrogen-bond acceptors (Lipinski definition) is 24. The summed E-state index contributed by atoms with van der Waals surface area (Å²) in [6.07, 6.45) is -1.84. The summed E-state index contributed by atoms with van der Waals surface area (Å²) in [6, 6.07) is 6.82. The maximum absolute atomic E-state index is 14.9. The largest absolute Gasteiger partial charge is 0.473 e. The molecule has 0 amide bonds. The number of aromatic amines is 1. The average molecular weight is 1510 g/mol. The van der Waals surface area contributed by atoms with E-state index in [0.717, 1.165) is 55.8 Å². The van der Waals surface area contributed by atoms with Gasteiger partial charge in [-0.25, -0.2) is 97.8 Å². The molecule has 1 aromatic carbocycles. The summed E-state index contributed by atoms with van der Waals surface area (Å²) in [5, 5.41) is 23.2. The molecule has 7 heterocycles. The van der Waals surface area contributed by atoms with Gasteiger partial charge < -0.3 is 24.5 Å². The highest BCUT2D eigenvalue weighted by atomic mass is 32.2. The average Bonchev–Trinajstić information content (AvgIpc) is 1.73. The molecule has 2 aliphatic rings. The number of ether oxygens (including phenoxy) is 1. The van der Waals surface area contributed by atoms with Gasteiger partial charge in [0.15, 0.2) is 8.32 Å². The molecule has 6 aromatic rings. The van der Waals surface area contributed by atoms with Crippen molar-refractivity contribution in [2.75, 3.05) is 32.6 Å². The lowest BCUT2D eigenvalue weighted by Gasteiger charge is -2.39. The second-order valence-electron chi connectivity index (χ2n) is 25.4. The van der Waals surface area contributed by atoms with Gasteiger partial charge in [0.25, 0.3) is 10.1 Å². The molecular weight excluding hydrogens is 1420 g/mol. The summed E-state index contributed by atoms with van der Waals surface area (Å²) in [5.41, 5.74) is -5.82. The predicted octanol–water partition coefficient (Wildman–Crippen LogP) is -1.37. The van der Waals surface area contributed by atoms with Gasteiger partial charge in [-0.15, -0.1) is 0 Å². The first-order chi connectivity index (χ1) is 47.5. The molecule has 6 atom stereocenters. The van der Waals surface area contributed by atoms with Crippen molar-refractivity contribution in [3.05, 3.63) is 170 Å². The molecule has 0 saturated carbocycles. The summed E-state index contributed by atoms with van der Waals surface area (Å²) < 4.78 is 115. The van der Waals surface area contributed by atoms with Gasteiger partial charge in [0.1, 0.15) is 59.6 Å². The van der Waals surface area contributed by atoms with Crippen LogP contribution in [0.5, 0.6) is 0 Å². The van der Waals surface area contributed by atoms with Crippen LogP contribution < -0.4 is 56.9 Å². The maximum Gasteiger partial charge on any atom is 0.414 e. The number of rotatable bonds is 20. The van der Waals surface area contributed by atoms with Crippen LogP contribution in [0, 0.1) is 40.4 Å². The Balaban J connectivity index is 0.000000341. The molecule has 2 aliphatic heterocycles. The van der Waals surface area contributed by atoms with Gasteiger partial charge >= 0.3 is 68.8 Å². The van der Waals surface area contributed by atoms with E-state index in [1.54, 1.807) is 33.9 Å². The Hall–Kier alpha value is -9.17. The minimum Gasteiger partial charge on any atom is -0.473 e. The van der Waals surface area contributed by atoms with Gasteiger partial charge in [-0.05, 0) is 96.1 Å². The van der Waals surface area contributed by atoms with Crippen molar-refractivity contribution in [1.29, 1.82) is 0 Å². The normalized spacial score (nSPS) is 16.1. The third kappa shape index (κ3) is 26.6. The third-order valence-corrected chi connectivity index (χ3v) is 21.7. The van der Waals surface area contributed by atoms with E-state index in [1.807, 2.05) is 24.1 Å². The molecule has 103 heavy (non-hydrogen) atoms. The minimum absolute atomic E-state index is 0.0227. The van der Waals surface area contributed by atoms with Crippen molar-refractivity contribution in [1.82, 2.24) is 75.9 Å². The first kappa shape index (κ1) is 88.0. The van der Waals surface area contributed by atoms with E-state index in [2.05, 4.69) is 54.8 Å². The zero-order valence-electron chi connectivity index (χ0n) is 59.8. The van der Waals surface area contributed by atoms with E-state index in [-0.39, 0.29) is 66.9 Å². The van der Waals surface area contributed by atoms with Gasteiger partial charge in [-0.3, -0.25) is 36.9 Å². The summed E-state index contributed by atoms with van der Waals surface area (Å²) in [4.78, 5) is 156. The summed E-state index contributed by atoms with van der Waals surface area (Å²) in [5.74, 6) is -2.43. The van der Waals surface area contributed by atoms with Crippen LogP contribution >= 0.6 is 0 Å². The van der Waals surface area contributed by atoms with E-state index in [0.29, 0.717) is 33.2 Å². The number of piperidine rings is 1. The number of alkyl halides is 4. The number of carboxylic acid groups (broad SMARTS) is 2. The molecule has 43 heteroatoms. The Bertz CT molecular complexity index is 4670. The van der Waals surface area contributed by atoms with E-state index in [9.17, 15) is 78.3 Å². The lowest BCUT2D eigenvalue weighted by molar-refractivity contribution is -0.159. The van der Waals surface area contributed by atoms with Crippen LogP contribution in [-0.4, -0.2) is 195 Å². The fraction of sp³-hybridized carbons (Fsp3) is 0.617. The Kier molecular flexibility index (Phi) is 32.8. The fourth-order valence-corrected chi connectivity index (χ4v) is 10.8. The Labute approximate surface area is 585 Å². The van der Waals surface area contributed by atoms with Crippen LogP contribution in [0.15, 0.2) is 72.2 Å². The molecule has 36 nitrogen and oxygen atoms in total. The molecule has 0 spiro atoms. The monoisotopic (exact) mass is 1510 g/mol.